The predicted octanol–water partition coefficient (Wildman–Crippen LogP) is 10.9. The summed E-state index contributed by atoms with van der Waals surface area (Å²) in [5, 5.41) is 1.08. The van der Waals surface area contributed by atoms with E-state index in [1.54, 1.807) is 0 Å². The summed E-state index contributed by atoms with van der Waals surface area (Å²) >= 11 is 0. The lowest BCUT2D eigenvalue weighted by molar-refractivity contribution is -0.664. The van der Waals surface area contributed by atoms with Gasteiger partial charge in [-0.3, -0.25) is 0 Å². The molecule has 378 valence electrons. The summed E-state index contributed by atoms with van der Waals surface area (Å²) in [5.74, 6) is -71.2. The van der Waals surface area contributed by atoms with Crippen LogP contribution in [0.25, 0.3) is 10.9 Å². The summed E-state index contributed by atoms with van der Waals surface area (Å²) < 4.78 is 302. The number of pyridine rings is 1. The van der Waals surface area contributed by atoms with Gasteiger partial charge in [0.25, 0.3) is 5.69 Å². The third-order valence-corrected chi connectivity index (χ3v) is 11.6. The number of carbonyl (C=O) groups excluding carboxylic acids is 1. The largest absolute Gasteiger partial charge is 0.418 e. The third kappa shape index (κ3) is 8.64. The number of halogens is 20. The van der Waals surface area contributed by atoms with Gasteiger partial charge in [-0.05, 0) is 43.2 Å². The van der Waals surface area contributed by atoms with Crippen molar-refractivity contribution in [3.63, 3.8) is 0 Å². The minimum Gasteiger partial charge on any atom is -0.418 e. The average molecular weight is 1050 g/mol. The van der Waals surface area contributed by atoms with Crippen LogP contribution in [-0.2, 0) is 6.54 Å². The zero-order chi connectivity index (χ0) is 53.9. The standard InChI is InChI=1S/C25H22NO2.C24BF20/c1-18-12-13-19(2)24(16-18)28-25(27)23-15-14-21-10-6-7-11-22(21)26(23)17-20-8-4-3-5-9-20;26-5-1(6(27)14(35)21(42)13(5)34)25(2-7(28)15(36)22(43)16(37)8(2)29,3-9(30)17(38)23(44)18(39)10(3)31)4-11(32)19(40)24(45)20(41)12(4)33/h3-16H,17H2,1-2H3;/q+1;-1. The molecule has 24 heteroatoms. The van der Waals surface area contributed by atoms with Crippen molar-refractivity contribution in [2.24, 2.45) is 0 Å². The summed E-state index contributed by atoms with van der Waals surface area (Å²) in [4.78, 5) is 13.1. The van der Waals surface area contributed by atoms with Crippen LogP contribution >= 0.6 is 0 Å². The maximum Gasteiger partial charge on any atom is 0.409 e. The molecule has 0 spiro atoms. The lowest BCUT2D eigenvalue weighted by Crippen LogP contribution is -2.81. The van der Waals surface area contributed by atoms with E-state index in [0.29, 0.717) is 18.0 Å². The van der Waals surface area contributed by atoms with Crippen LogP contribution in [0.1, 0.15) is 27.2 Å². The summed E-state index contributed by atoms with van der Waals surface area (Å²) in [6.07, 6.45) is -7.22. The van der Waals surface area contributed by atoms with E-state index in [1.807, 2.05) is 85.1 Å². The highest BCUT2D eigenvalue weighted by molar-refractivity contribution is 7.20. The van der Waals surface area contributed by atoms with Crippen LogP contribution in [0.15, 0.2) is 84.9 Å². The van der Waals surface area contributed by atoms with Gasteiger partial charge in [0.05, 0.1) is 0 Å². The molecular formula is C49H22BF20NO2. The fourth-order valence-corrected chi connectivity index (χ4v) is 8.22. The summed E-state index contributed by atoms with van der Waals surface area (Å²) in [5.41, 5.74) is -9.67. The summed E-state index contributed by atoms with van der Waals surface area (Å²) in [6.45, 7) is 4.53. The molecule has 8 rings (SSSR count). The van der Waals surface area contributed by atoms with Crippen LogP contribution in [0.5, 0.6) is 5.75 Å². The van der Waals surface area contributed by atoms with Crippen molar-refractivity contribution >= 4 is 44.9 Å². The number of hydrogen-bond acceptors (Lipinski definition) is 2. The van der Waals surface area contributed by atoms with Crippen molar-refractivity contribution in [2.45, 2.75) is 20.4 Å². The topological polar surface area (TPSA) is 30.2 Å². The highest BCUT2D eigenvalue weighted by Gasteiger charge is 2.52. The lowest BCUT2D eigenvalue weighted by Gasteiger charge is -2.44. The minimum absolute atomic E-state index is 0.351. The van der Waals surface area contributed by atoms with E-state index < -0.39 is 144 Å². The Morgan fingerprint density at radius 3 is 1.14 bits per heavy atom. The molecule has 1 aromatic heterocycles. The van der Waals surface area contributed by atoms with Gasteiger partial charge in [0, 0.05) is 23.1 Å². The lowest BCUT2D eigenvalue weighted by atomic mass is 9.12. The van der Waals surface area contributed by atoms with Gasteiger partial charge in [-0.15, -0.1) is 21.9 Å². The van der Waals surface area contributed by atoms with Crippen LogP contribution in [0.4, 0.5) is 87.8 Å². The van der Waals surface area contributed by atoms with E-state index in [2.05, 4.69) is 18.2 Å². The van der Waals surface area contributed by atoms with E-state index >= 15 is 35.1 Å². The molecule has 0 amide bonds. The van der Waals surface area contributed by atoms with Crippen molar-refractivity contribution in [1.82, 2.24) is 0 Å². The van der Waals surface area contributed by atoms with E-state index in [9.17, 15) is 57.5 Å². The molecule has 0 aliphatic carbocycles. The highest BCUT2D eigenvalue weighted by Crippen LogP contribution is 2.31. The van der Waals surface area contributed by atoms with E-state index in [-0.39, 0.29) is 5.97 Å². The fraction of sp³-hybridized carbons (Fsp3) is 0.0612. The molecule has 0 aliphatic heterocycles. The molecule has 8 aromatic rings. The Bertz CT molecular complexity index is 3190. The Morgan fingerprint density at radius 1 is 0.411 bits per heavy atom. The molecule has 0 N–H and O–H groups in total. The molecule has 0 saturated heterocycles. The normalized spacial score (nSPS) is 11.5. The van der Waals surface area contributed by atoms with Crippen LogP contribution in [0.3, 0.4) is 0 Å². The van der Waals surface area contributed by atoms with E-state index in [1.165, 1.54) is 0 Å². The van der Waals surface area contributed by atoms with Gasteiger partial charge in [0.2, 0.25) is 5.52 Å². The summed E-state index contributed by atoms with van der Waals surface area (Å²) in [6, 6.07) is 27.9. The number of benzene rings is 7. The molecule has 1 heterocycles. The van der Waals surface area contributed by atoms with Gasteiger partial charge in [-0.1, -0.05) is 54.6 Å². The number of esters is 1. The minimum atomic E-state index is -7.22. The number of carbonyl (C=O) groups is 1. The first-order chi connectivity index (χ1) is 34.3. The van der Waals surface area contributed by atoms with Crippen molar-refractivity contribution in [1.29, 1.82) is 0 Å². The molecule has 0 unspecified atom stereocenters. The van der Waals surface area contributed by atoms with Gasteiger partial charge < -0.3 is 4.74 Å². The molecule has 0 saturated carbocycles. The SMILES string of the molecule is Cc1ccc(C)c(OC(=O)c2ccc3ccccc3[n+]2Cc2ccccc2)c1.Fc1c(F)c(F)c([B-](c2c(F)c(F)c(F)c(F)c2F)(c2c(F)c(F)c(F)c(F)c2F)c2c(F)c(F)c(F)c(F)c2F)c(F)c1F. The van der Waals surface area contributed by atoms with Gasteiger partial charge in [-0.2, -0.15) is 4.57 Å². The number of para-hydroxylation sites is 1. The molecule has 73 heavy (non-hydrogen) atoms. The number of fused-ring (bicyclic) bond motifs is 1. The van der Waals surface area contributed by atoms with E-state index in [4.69, 9.17) is 4.74 Å². The average Bonchev–Trinajstić information content (AvgIpc) is 3.37. The van der Waals surface area contributed by atoms with Crippen LogP contribution in [-0.4, -0.2) is 12.1 Å². The monoisotopic (exact) mass is 1050 g/mol. The Labute approximate surface area is 396 Å². The second kappa shape index (κ2) is 19.9. The second-order valence-corrected chi connectivity index (χ2v) is 15.8. The highest BCUT2D eigenvalue weighted by atomic mass is 19.2. The van der Waals surface area contributed by atoms with Gasteiger partial charge in [0.15, 0.2) is 76.4 Å². The van der Waals surface area contributed by atoms with Gasteiger partial charge >= 0.3 is 5.97 Å². The van der Waals surface area contributed by atoms with E-state index in [0.717, 1.165) is 27.6 Å². The first-order valence-corrected chi connectivity index (χ1v) is 20.3. The number of aryl methyl sites for hydroxylation is 2. The molecule has 0 fully saturated rings. The smallest absolute Gasteiger partial charge is 0.409 e. The Kier molecular flexibility index (Phi) is 14.5. The third-order valence-electron chi connectivity index (χ3n) is 11.6. The maximum absolute atomic E-state index is 15.4. The molecule has 3 nitrogen and oxygen atoms in total. The van der Waals surface area contributed by atoms with Crippen molar-refractivity contribution in [3.05, 3.63) is 224 Å². The molecule has 7 aromatic carbocycles. The number of ether oxygens (including phenoxy) is 1. The number of hydrogen-bond donors (Lipinski definition) is 0. The Morgan fingerprint density at radius 2 is 0.753 bits per heavy atom. The van der Waals surface area contributed by atoms with Gasteiger partial charge in [-0.25, -0.2) is 92.6 Å². The van der Waals surface area contributed by atoms with Crippen LogP contribution < -0.4 is 31.2 Å². The van der Waals surface area contributed by atoms with Crippen LogP contribution in [0.2, 0.25) is 0 Å². The van der Waals surface area contributed by atoms with Crippen LogP contribution in [0, 0.1) is 130 Å². The van der Waals surface area contributed by atoms with Crippen molar-refractivity contribution < 1.29 is 102 Å². The van der Waals surface area contributed by atoms with Gasteiger partial charge in [0.1, 0.15) is 58.4 Å². The zero-order valence-corrected chi connectivity index (χ0v) is 36.2. The second-order valence-electron chi connectivity index (χ2n) is 15.8. The molecule has 0 bridgehead atoms. The molecule has 0 radical (unpaired) electrons. The van der Waals surface area contributed by atoms with Crippen molar-refractivity contribution in [3.8, 4) is 5.75 Å². The molecule has 0 atom stereocenters. The van der Waals surface area contributed by atoms with Crippen molar-refractivity contribution in [2.75, 3.05) is 0 Å². The fourth-order valence-electron chi connectivity index (χ4n) is 8.22. The first-order valence-electron chi connectivity index (χ1n) is 20.3. The zero-order valence-electron chi connectivity index (χ0n) is 36.2. The Hall–Kier alpha value is -7.92. The number of aromatic nitrogens is 1. The maximum atomic E-state index is 15.4. The molecule has 0 aliphatic rings. The quantitative estimate of drug-likeness (QED) is 0.0289. The predicted molar refractivity (Wildman–Crippen MR) is 220 cm³/mol. The summed E-state index contributed by atoms with van der Waals surface area (Å²) in [7, 11) is 0. The molecular weight excluding hydrogens is 1030 g/mol. The Balaban J connectivity index is 0.000000237. The number of nitrogens with zero attached hydrogens (tertiary/aromatic N) is 1. The first kappa shape index (κ1) is 52.9. The number of rotatable bonds is 8.